The highest BCUT2D eigenvalue weighted by molar-refractivity contribution is 5.75. The number of esters is 1. The number of nitrogens with zero attached hydrogens (tertiary/aromatic N) is 1. The molecule has 0 aliphatic carbocycles. The van der Waals surface area contributed by atoms with Crippen LogP contribution in [0.3, 0.4) is 0 Å². The standard InChI is InChI=1S/C13H26N2O2/c1-5-14-12(13(16)17-4)6-7-15-8-10(2)11(3)9-15/h10-12,14H,5-9H2,1-4H3. The van der Waals surface area contributed by atoms with Gasteiger partial charge in [-0.1, -0.05) is 20.8 Å². The SMILES string of the molecule is CCNC(CCN1CC(C)C(C)C1)C(=O)OC. The molecule has 1 aliphatic rings. The number of likely N-dealkylation sites (N-methyl/N-ethyl adjacent to an activating group) is 1. The summed E-state index contributed by atoms with van der Waals surface area (Å²) in [6.45, 7) is 10.7. The topological polar surface area (TPSA) is 41.6 Å². The van der Waals surface area contributed by atoms with Gasteiger partial charge in [-0.05, 0) is 24.8 Å². The minimum absolute atomic E-state index is 0.146. The summed E-state index contributed by atoms with van der Waals surface area (Å²) in [4.78, 5) is 14.0. The van der Waals surface area contributed by atoms with Crippen LogP contribution in [-0.4, -0.2) is 50.2 Å². The molecule has 1 aliphatic heterocycles. The lowest BCUT2D eigenvalue weighted by atomic mass is 10.0. The van der Waals surface area contributed by atoms with E-state index in [-0.39, 0.29) is 12.0 Å². The Bertz CT molecular complexity index is 236. The Hall–Kier alpha value is -0.610. The van der Waals surface area contributed by atoms with E-state index < -0.39 is 0 Å². The van der Waals surface area contributed by atoms with Crippen LogP contribution in [0, 0.1) is 11.8 Å². The maximum absolute atomic E-state index is 11.5. The quantitative estimate of drug-likeness (QED) is 0.709. The second-order valence-electron chi connectivity index (χ2n) is 5.14. The molecule has 0 amide bonds. The van der Waals surface area contributed by atoms with Crippen LogP contribution in [0.1, 0.15) is 27.2 Å². The molecule has 4 nitrogen and oxygen atoms in total. The zero-order chi connectivity index (χ0) is 12.8. The van der Waals surface area contributed by atoms with Crippen molar-refractivity contribution in [2.45, 2.75) is 33.2 Å². The minimum Gasteiger partial charge on any atom is -0.468 e. The first kappa shape index (κ1) is 14.5. The average molecular weight is 242 g/mol. The first-order chi connectivity index (χ1) is 8.08. The summed E-state index contributed by atoms with van der Waals surface area (Å²) < 4.78 is 4.80. The predicted octanol–water partition coefficient (Wildman–Crippen LogP) is 1.12. The number of hydrogen-bond donors (Lipinski definition) is 1. The molecule has 100 valence electrons. The van der Waals surface area contributed by atoms with Crippen LogP contribution in [0.4, 0.5) is 0 Å². The van der Waals surface area contributed by atoms with Gasteiger partial charge in [0.25, 0.3) is 0 Å². The van der Waals surface area contributed by atoms with Gasteiger partial charge in [0.2, 0.25) is 0 Å². The van der Waals surface area contributed by atoms with Crippen LogP contribution < -0.4 is 5.32 Å². The number of carbonyl (C=O) groups is 1. The molecular formula is C13H26N2O2. The average Bonchev–Trinajstić information content (AvgIpc) is 2.63. The smallest absolute Gasteiger partial charge is 0.322 e. The van der Waals surface area contributed by atoms with Gasteiger partial charge >= 0.3 is 5.97 Å². The van der Waals surface area contributed by atoms with Gasteiger partial charge in [-0.25, -0.2) is 0 Å². The molecule has 1 heterocycles. The van der Waals surface area contributed by atoms with Gasteiger partial charge in [0.05, 0.1) is 7.11 Å². The Morgan fingerprint density at radius 2 is 2.00 bits per heavy atom. The monoisotopic (exact) mass is 242 g/mol. The van der Waals surface area contributed by atoms with Crippen LogP contribution in [0.5, 0.6) is 0 Å². The molecule has 3 atom stereocenters. The van der Waals surface area contributed by atoms with Crippen molar-refractivity contribution in [3.63, 3.8) is 0 Å². The Morgan fingerprint density at radius 3 is 2.47 bits per heavy atom. The highest BCUT2D eigenvalue weighted by Gasteiger charge is 2.27. The molecule has 3 unspecified atom stereocenters. The fraction of sp³-hybridized carbons (Fsp3) is 0.923. The second kappa shape index (κ2) is 6.97. The third-order valence-electron chi connectivity index (χ3n) is 3.73. The van der Waals surface area contributed by atoms with Crippen molar-refractivity contribution in [2.24, 2.45) is 11.8 Å². The fourth-order valence-corrected chi connectivity index (χ4v) is 2.44. The summed E-state index contributed by atoms with van der Waals surface area (Å²) in [5, 5.41) is 3.18. The second-order valence-corrected chi connectivity index (χ2v) is 5.14. The zero-order valence-corrected chi connectivity index (χ0v) is 11.5. The van der Waals surface area contributed by atoms with E-state index in [4.69, 9.17) is 4.74 Å². The number of ether oxygens (including phenoxy) is 1. The van der Waals surface area contributed by atoms with E-state index in [9.17, 15) is 4.79 Å². The first-order valence-corrected chi connectivity index (χ1v) is 6.62. The van der Waals surface area contributed by atoms with Crippen LogP contribution in [0.25, 0.3) is 0 Å². The lowest BCUT2D eigenvalue weighted by Crippen LogP contribution is -2.40. The Balaban J connectivity index is 2.34. The van der Waals surface area contributed by atoms with Crippen molar-refractivity contribution in [3.05, 3.63) is 0 Å². The van der Waals surface area contributed by atoms with Gasteiger partial charge in [0.15, 0.2) is 0 Å². The van der Waals surface area contributed by atoms with Gasteiger partial charge in [-0.2, -0.15) is 0 Å². The number of methoxy groups -OCH3 is 1. The predicted molar refractivity (Wildman–Crippen MR) is 68.9 cm³/mol. The minimum atomic E-state index is -0.156. The summed E-state index contributed by atoms with van der Waals surface area (Å²) >= 11 is 0. The van der Waals surface area contributed by atoms with Crippen molar-refractivity contribution in [3.8, 4) is 0 Å². The van der Waals surface area contributed by atoms with Gasteiger partial charge in [-0.3, -0.25) is 4.79 Å². The molecule has 0 bridgehead atoms. The maximum atomic E-state index is 11.5. The molecule has 0 aromatic carbocycles. The first-order valence-electron chi connectivity index (χ1n) is 6.62. The Labute approximate surface area is 105 Å². The molecule has 0 spiro atoms. The van der Waals surface area contributed by atoms with Crippen molar-refractivity contribution < 1.29 is 9.53 Å². The Kier molecular flexibility index (Phi) is 5.92. The van der Waals surface area contributed by atoms with Crippen LogP contribution in [0.2, 0.25) is 0 Å². The van der Waals surface area contributed by atoms with E-state index in [1.807, 2.05) is 6.92 Å². The molecule has 0 saturated carbocycles. The fourth-order valence-electron chi connectivity index (χ4n) is 2.44. The molecule has 1 fully saturated rings. The van der Waals surface area contributed by atoms with Gasteiger partial charge in [0, 0.05) is 19.6 Å². The van der Waals surface area contributed by atoms with Crippen molar-refractivity contribution in [1.82, 2.24) is 10.2 Å². The normalized spacial score (nSPS) is 27.1. The van der Waals surface area contributed by atoms with Crippen LogP contribution in [-0.2, 0) is 9.53 Å². The van der Waals surface area contributed by atoms with Gasteiger partial charge < -0.3 is 15.0 Å². The third kappa shape index (κ3) is 4.28. The van der Waals surface area contributed by atoms with Crippen LogP contribution in [0.15, 0.2) is 0 Å². The molecular weight excluding hydrogens is 216 g/mol. The van der Waals surface area contributed by atoms with Crippen molar-refractivity contribution in [2.75, 3.05) is 33.3 Å². The van der Waals surface area contributed by atoms with Gasteiger partial charge in [-0.15, -0.1) is 0 Å². The molecule has 1 rings (SSSR count). The summed E-state index contributed by atoms with van der Waals surface area (Å²) in [7, 11) is 1.45. The van der Waals surface area contributed by atoms with Crippen molar-refractivity contribution in [1.29, 1.82) is 0 Å². The lowest BCUT2D eigenvalue weighted by molar-refractivity contribution is -0.143. The summed E-state index contributed by atoms with van der Waals surface area (Å²) in [5.41, 5.74) is 0. The highest BCUT2D eigenvalue weighted by Crippen LogP contribution is 2.22. The molecule has 1 saturated heterocycles. The molecule has 0 aromatic rings. The van der Waals surface area contributed by atoms with Gasteiger partial charge in [0.1, 0.15) is 6.04 Å². The lowest BCUT2D eigenvalue weighted by Gasteiger charge is -2.20. The third-order valence-corrected chi connectivity index (χ3v) is 3.73. The number of nitrogens with one attached hydrogen (secondary N) is 1. The molecule has 0 radical (unpaired) electrons. The summed E-state index contributed by atoms with van der Waals surface area (Å²) in [6.07, 6.45) is 0.833. The van der Waals surface area contributed by atoms with E-state index in [1.54, 1.807) is 0 Å². The summed E-state index contributed by atoms with van der Waals surface area (Å²) in [6, 6.07) is -0.156. The largest absolute Gasteiger partial charge is 0.468 e. The molecule has 1 N–H and O–H groups in total. The molecule has 17 heavy (non-hydrogen) atoms. The van der Waals surface area contributed by atoms with Crippen molar-refractivity contribution >= 4 is 5.97 Å². The van der Waals surface area contributed by atoms with E-state index in [0.717, 1.165) is 44.4 Å². The van der Waals surface area contributed by atoms with E-state index in [2.05, 4.69) is 24.1 Å². The Morgan fingerprint density at radius 1 is 1.41 bits per heavy atom. The number of rotatable bonds is 6. The molecule has 4 heteroatoms. The molecule has 0 aromatic heterocycles. The number of carbonyl (C=O) groups excluding carboxylic acids is 1. The highest BCUT2D eigenvalue weighted by atomic mass is 16.5. The van der Waals surface area contributed by atoms with E-state index >= 15 is 0 Å². The number of likely N-dealkylation sites (tertiary alicyclic amines) is 1. The van der Waals surface area contributed by atoms with Crippen LogP contribution >= 0.6 is 0 Å². The zero-order valence-electron chi connectivity index (χ0n) is 11.5. The van der Waals surface area contributed by atoms with E-state index in [1.165, 1.54) is 7.11 Å². The summed E-state index contributed by atoms with van der Waals surface area (Å²) in [5.74, 6) is 1.39. The number of hydrogen-bond acceptors (Lipinski definition) is 4. The van der Waals surface area contributed by atoms with E-state index in [0.29, 0.717) is 0 Å². The maximum Gasteiger partial charge on any atom is 0.322 e.